The summed E-state index contributed by atoms with van der Waals surface area (Å²) in [6.45, 7) is 1.99. The predicted octanol–water partition coefficient (Wildman–Crippen LogP) is 1.65. The number of nitrogens with one attached hydrogen (secondary N) is 1. The van der Waals surface area contributed by atoms with Gasteiger partial charge in [-0.3, -0.25) is 4.79 Å². The second-order valence-electron chi connectivity index (χ2n) is 5.50. The molecule has 2 N–H and O–H groups in total. The number of anilines is 1. The molecule has 0 saturated carbocycles. The SMILES string of the molecule is COC(=O)c1cncn1C1CCOc2ccc(NC(C)=O)cc21.O=[N+]([O-])O. The average Bonchev–Trinajstić information content (AvgIpc) is 3.09. The van der Waals surface area contributed by atoms with E-state index in [1.807, 2.05) is 12.1 Å². The molecule has 1 aromatic carbocycles. The van der Waals surface area contributed by atoms with E-state index in [-0.39, 0.29) is 11.9 Å². The number of hydrogen-bond acceptors (Lipinski definition) is 7. The Morgan fingerprint density at radius 3 is 2.81 bits per heavy atom. The van der Waals surface area contributed by atoms with Gasteiger partial charge in [0.25, 0.3) is 5.09 Å². The van der Waals surface area contributed by atoms with Crippen molar-refractivity contribution in [2.75, 3.05) is 19.0 Å². The lowest BCUT2D eigenvalue weighted by atomic mass is 9.99. The van der Waals surface area contributed by atoms with E-state index in [0.717, 1.165) is 11.3 Å². The second-order valence-corrected chi connectivity index (χ2v) is 5.50. The van der Waals surface area contributed by atoms with E-state index in [1.165, 1.54) is 20.2 Å². The summed E-state index contributed by atoms with van der Waals surface area (Å²) in [4.78, 5) is 35.6. The number of imidazole rings is 1. The maximum absolute atomic E-state index is 11.9. The summed E-state index contributed by atoms with van der Waals surface area (Å²) in [6.07, 6.45) is 3.78. The Bertz CT molecular complexity index is 845. The quantitative estimate of drug-likeness (QED) is 0.466. The molecular formula is C16H18N4O7. The van der Waals surface area contributed by atoms with E-state index in [1.54, 1.807) is 17.0 Å². The highest BCUT2D eigenvalue weighted by Gasteiger charge is 2.27. The van der Waals surface area contributed by atoms with Gasteiger partial charge in [0.1, 0.15) is 11.4 Å². The van der Waals surface area contributed by atoms with Crippen molar-refractivity contribution in [3.05, 3.63) is 52.1 Å². The maximum Gasteiger partial charge on any atom is 0.356 e. The Kier molecular flexibility index (Phi) is 6.31. The van der Waals surface area contributed by atoms with E-state index in [9.17, 15) is 9.59 Å². The smallest absolute Gasteiger partial charge is 0.356 e. The lowest BCUT2D eigenvalue weighted by Crippen LogP contribution is -2.23. The minimum Gasteiger partial charge on any atom is -0.493 e. The van der Waals surface area contributed by atoms with E-state index in [2.05, 4.69) is 10.3 Å². The first-order valence-corrected chi connectivity index (χ1v) is 7.81. The summed E-state index contributed by atoms with van der Waals surface area (Å²) in [5.74, 6) is 0.157. The Labute approximate surface area is 153 Å². The van der Waals surface area contributed by atoms with Crippen LogP contribution in [0.25, 0.3) is 0 Å². The number of aromatic nitrogens is 2. The summed E-state index contributed by atoms with van der Waals surface area (Å²) in [5.41, 5.74) is 1.97. The monoisotopic (exact) mass is 378 g/mol. The van der Waals surface area contributed by atoms with Crippen LogP contribution in [0.4, 0.5) is 5.69 Å². The molecule has 11 heteroatoms. The summed E-state index contributed by atoms with van der Waals surface area (Å²) in [6, 6.07) is 5.37. The predicted molar refractivity (Wildman–Crippen MR) is 91.3 cm³/mol. The molecule has 0 saturated heterocycles. The van der Waals surface area contributed by atoms with Crippen LogP contribution in [0.3, 0.4) is 0 Å². The van der Waals surface area contributed by atoms with Crippen LogP contribution in [0.5, 0.6) is 5.75 Å². The van der Waals surface area contributed by atoms with E-state index >= 15 is 0 Å². The van der Waals surface area contributed by atoms with Gasteiger partial charge in [0.05, 0.1) is 32.3 Å². The van der Waals surface area contributed by atoms with E-state index < -0.39 is 11.1 Å². The van der Waals surface area contributed by atoms with Crippen molar-refractivity contribution >= 4 is 17.6 Å². The number of hydrogen-bond donors (Lipinski definition) is 2. The van der Waals surface area contributed by atoms with Crippen LogP contribution in [0, 0.1) is 10.1 Å². The zero-order valence-electron chi connectivity index (χ0n) is 14.6. The van der Waals surface area contributed by atoms with Gasteiger partial charge in [-0.05, 0) is 18.2 Å². The topological polar surface area (TPSA) is 146 Å². The molecule has 1 aromatic heterocycles. The lowest BCUT2D eigenvalue weighted by Gasteiger charge is -2.28. The minimum atomic E-state index is -1.50. The van der Waals surface area contributed by atoms with E-state index in [4.69, 9.17) is 24.8 Å². The Morgan fingerprint density at radius 2 is 2.19 bits per heavy atom. The Balaban J connectivity index is 0.000000596. The molecule has 1 aliphatic rings. The molecule has 1 amide bonds. The van der Waals surface area contributed by atoms with Gasteiger partial charge in [0.2, 0.25) is 5.91 Å². The Morgan fingerprint density at radius 1 is 1.48 bits per heavy atom. The number of fused-ring (bicyclic) bond motifs is 1. The fraction of sp³-hybridized carbons (Fsp3) is 0.312. The average molecular weight is 378 g/mol. The third-order valence-electron chi connectivity index (χ3n) is 3.73. The van der Waals surface area contributed by atoms with Crippen LogP contribution in [0.1, 0.15) is 35.4 Å². The van der Waals surface area contributed by atoms with Gasteiger partial charge in [-0.2, -0.15) is 0 Å². The van der Waals surface area contributed by atoms with Gasteiger partial charge in [-0.15, -0.1) is 10.1 Å². The highest BCUT2D eigenvalue weighted by molar-refractivity contribution is 5.89. The van der Waals surface area contributed by atoms with Gasteiger partial charge >= 0.3 is 5.97 Å². The Hall–Kier alpha value is -3.63. The van der Waals surface area contributed by atoms with Crippen LogP contribution < -0.4 is 10.1 Å². The fourth-order valence-electron chi connectivity index (χ4n) is 2.76. The highest BCUT2D eigenvalue weighted by atomic mass is 16.9. The van der Waals surface area contributed by atoms with Gasteiger partial charge < -0.3 is 24.6 Å². The van der Waals surface area contributed by atoms with E-state index in [0.29, 0.717) is 24.4 Å². The largest absolute Gasteiger partial charge is 0.493 e. The third kappa shape index (κ3) is 4.93. The molecule has 2 aromatic rings. The number of amides is 1. The summed E-state index contributed by atoms with van der Waals surface area (Å²) < 4.78 is 12.3. The molecule has 144 valence electrons. The van der Waals surface area contributed by atoms with Crippen LogP contribution in [0.2, 0.25) is 0 Å². The molecule has 0 radical (unpaired) electrons. The number of benzene rings is 1. The highest BCUT2D eigenvalue weighted by Crippen LogP contribution is 2.37. The summed E-state index contributed by atoms with van der Waals surface area (Å²) >= 11 is 0. The number of ether oxygens (including phenoxy) is 2. The lowest BCUT2D eigenvalue weighted by molar-refractivity contribution is -0.742. The number of nitrogens with zero attached hydrogens (tertiary/aromatic N) is 3. The van der Waals surface area contributed by atoms with Crippen molar-refractivity contribution < 1.29 is 29.4 Å². The number of rotatable bonds is 3. The van der Waals surface area contributed by atoms with Crippen LogP contribution in [-0.4, -0.2) is 45.4 Å². The minimum absolute atomic E-state index is 0.107. The zero-order valence-corrected chi connectivity index (χ0v) is 14.6. The summed E-state index contributed by atoms with van der Waals surface area (Å²) in [5, 5.41) is 16.4. The summed E-state index contributed by atoms with van der Waals surface area (Å²) in [7, 11) is 1.34. The number of carbonyl (C=O) groups excluding carboxylic acids is 2. The number of esters is 1. The first-order valence-electron chi connectivity index (χ1n) is 7.81. The molecular weight excluding hydrogens is 360 g/mol. The molecule has 1 atom stereocenters. The van der Waals surface area contributed by atoms with Gasteiger partial charge in [0.15, 0.2) is 0 Å². The first kappa shape index (κ1) is 19.7. The van der Waals surface area contributed by atoms with Crippen LogP contribution in [-0.2, 0) is 9.53 Å². The van der Waals surface area contributed by atoms with Crippen molar-refractivity contribution in [2.24, 2.45) is 0 Å². The molecule has 0 spiro atoms. The molecule has 11 nitrogen and oxygen atoms in total. The fourth-order valence-corrected chi connectivity index (χ4v) is 2.76. The molecule has 27 heavy (non-hydrogen) atoms. The standard InChI is InChI=1S/C16H17N3O4.HNO3/c1-10(20)18-11-3-4-15-12(7-11)13(5-6-23-15)19-9-17-8-14(19)16(21)22-2;2-1(3)4/h3-4,7-9,13H,5-6H2,1-2H3,(H,18,20);(H,2,3,4). The molecule has 0 aliphatic carbocycles. The molecule has 1 aliphatic heterocycles. The zero-order chi connectivity index (χ0) is 20.0. The van der Waals surface area contributed by atoms with Crippen molar-refractivity contribution in [3.63, 3.8) is 0 Å². The van der Waals surface area contributed by atoms with Crippen LogP contribution in [0.15, 0.2) is 30.7 Å². The molecule has 0 bridgehead atoms. The van der Waals surface area contributed by atoms with Gasteiger partial charge in [-0.1, -0.05) is 0 Å². The van der Waals surface area contributed by atoms with Crippen molar-refractivity contribution in [1.82, 2.24) is 9.55 Å². The van der Waals surface area contributed by atoms with Crippen molar-refractivity contribution in [2.45, 2.75) is 19.4 Å². The normalized spacial score (nSPS) is 14.7. The van der Waals surface area contributed by atoms with Gasteiger partial charge in [0, 0.05) is 24.6 Å². The molecule has 1 unspecified atom stereocenters. The van der Waals surface area contributed by atoms with Crippen molar-refractivity contribution in [1.29, 1.82) is 0 Å². The first-order chi connectivity index (χ1) is 12.8. The third-order valence-corrected chi connectivity index (χ3v) is 3.73. The molecule has 0 fully saturated rings. The second kappa shape index (κ2) is 8.65. The van der Waals surface area contributed by atoms with Crippen LogP contribution >= 0.6 is 0 Å². The van der Waals surface area contributed by atoms with Crippen molar-refractivity contribution in [3.8, 4) is 5.75 Å². The molecule has 2 heterocycles. The van der Waals surface area contributed by atoms with Gasteiger partial charge in [-0.25, -0.2) is 9.78 Å². The maximum atomic E-state index is 11.9. The molecule has 3 rings (SSSR count). The number of methoxy groups -OCH3 is 1. The number of carbonyl (C=O) groups is 2.